The van der Waals surface area contributed by atoms with Gasteiger partial charge in [-0.2, -0.15) is 0 Å². The van der Waals surface area contributed by atoms with Crippen molar-refractivity contribution in [1.82, 2.24) is 0 Å². The van der Waals surface area contributed by atoms with Gasteiger partial charge in [0.25, 0.3) is 0 Å². The van der Waals surface area contributed by atoms with E-state index in [-0.39, 0.29) is 31.6 Å². The molecule has 0 saturated carbocycles. The molecule has 2 aromatic carbocycles. The van der Waals surface area contributed by atoms with Crippen LogP contribution in [0, 0.1) is 0 Å². The standard InChI is InChI=1S/C29H38Cl2O8Si/c1-40(2,3)15-14-34-29-28(37-19-22-12-8-5-9-13-22)27(36-18-21-10-6-4-7-11-21)26(39-25(33)17-31)23(38-29)20-35-24(32)16-30/h4-13,23,26-29H,14-20H2,1-3H3/t23-,26-,27+,28-,29-/m1/s1. The molecule has 0 aliphatic carbocycles. The van der Waals surface area contributed by atoms with Crippen LogP contribution in [0.25, 0.3) is 0 Å². The first-order valence-electron chi connectivity index (χ1n) is 13.3. The number of rotatable bonds is 15. The van der Waals surface area contributed by atoms with Crippen LogP contribution in [0.3, 0.4) is 0 Å². The summed E-state index contributed by atoms with van der Waals surface area (Å²) in [4.78, 5) is 24.3. The van der Waals surface area contributed by atoms with E-state index < -0.39 is 50.7 Å². The monoisotopic (exact) mass is 612 g/mol. The van der Waals surface area contributed by atoms with Crippen LogP contribution in [-0.2, 0) is 51.2 Å². The number of hydrogen-bond acceptors (Lipinski definition) is 8. The summed E-state index contributed by atoms with van der Waals surface area (Å²) in [7, 11) is -1.42. The van der Waals surface area contributed by atoms with Crippen LogP contribution in [0.4, 0.5) is 0 Å². The van der Waals surface area contributed by atoms with Crippen molar-refractivity contribution >= 4 is 43.2 Å². The summed E-state index contributed by atoms with van der Waals surface area (Å²) in [6.45, 7) is 7.43. The first-order valence-corrected chi connectivity index (χ1v) is 18.0. The molecule has 0 aromatic heterocycles. The van der Waals surface area contributed by atoms with Gasteiger partial charge in [0.05, 0.1) is 13.2 Å². The minimum atomic E-state index is -1.42. The van der Waals surface area contributed by atoms with Gasteiger partial charge in [-0.1, -0.05) is 80.3 Å². The summed E-state index contributed by atoms with van der Waals surface area (Å²) >= 11 is 11.4. The minimum Gasteiger partial charge on any atom is -0.462 e. The fourth-order valence-corrected chi connectivity index (χ4v) is 4.94. The zero-order chi connectivity index (χ0) is 29.0. The second-order valence-electron chi connectivity index (χ2n) is 10.7. The smallest absolute Gasteiger partial charge is 0.321 e. The maximum atomic E-state index is 12.4. The molecule has 5 atom stereocenters. The van der Waals surface area contributed by atoms with Crippen LogP contribution in [0.1, 0.15) is 11.1 Å². The third-order valence-corrected chi connectivity index (χ3v) is 8.33. The van der Waals surface area contributed by atoms with Gasteiger partial charge in [0.15, 0.2) is 12.4 Å². The Morgan fingerprint density at radius 1 is 0.775 bits per heavy atom. The van der Waals surface area contributed by atoms with Crippen molar-refractivity contribution in [2.75, 3.05) is 25.0 Å². The van der Waals surface area contributed by atoms with E-state index in [1.807, 2.05) is 60.7 Å². The largest absolute Gasteiger partial charge is 0.462 e. The Morgan fingerprint density at radius 3 is 1.85 bits per heavy atom. The van der Waals surface area contributed by atoms with E-state index in [0.717, 1.165) is 17.2 Å². The Balaban J connectivity index is 1.93. The molecule has 0 bridgehead atoms. The lowest BCUT2D eigenvalue weighted by Crippen LogP contribution is -2.62. The van der Waals surface area contributed by atoms with E-state index in [1.165, 1.54) is 0 Å². The summed E-state index contributed by atoms with van der Waals surface area (Å²) in [6.07, 6.45) is -4.41. The highest BCUT2D eigenvalue weighted by molar-refractivity contribution is 6.76. The van der Waals surface area contributed by atoms with Crippen LogP contribution < -0.4 is 0 Å². The van der Waals surface area contributed by atoms with E-state index in [2.05, 4.69) is 19.6 Å². The second kappa shape index (κ2) is 16.5. The third-order valence-electron chi connectivity index (χ3n) is 6.19. The highest BCUT2D eigenvalue weighted by atomic mass is 35.5. The lowest BCUT2D eigenvalue weighted by atomic mass is 9.98. The first-order chi connectivity index (χ1) is 19.2. The van der Waals surface area contributed by atoms with E-state index in [9.17, 15) is 9.59 Å². The number of esters is 2. The van der Waals surface area contributed by atoms with Crippen LogP contribution >= 0.6 is 23.2 Å². The second-order valence-corrected chi connectivity index (χ2v) is 16.8. The number of halogens is 2. The Labute approximate surface area is 247 Å². The molecule has 2 aromatic rings. The van der Waals surface area contributed by atoms with Gasteiger partial charge in [-0.3, -0.25) is 9.59 Å². The van der Waals surface area contributed by atoms with Crippen LogP contribution in [0.15, 0.2) is 60.7 Å². The van der Waals surface area contributed by atoms with Gasteiger partial charge < -0.3 is 28.4 Å². The van der Waals surface area contributed by atoms with E-state index >= 15 is 0 Å². The Hall–Kier alpha value is -1.98. The zero-order valence-corrected chi connectivity index (χ0v) is 25.6. The van der Waals surface area contributed by atoms with Crippen molar-refractivity contribution in [3.8, 4) is 0 Å². The van der Waals surface area contributed by atoms with Crippen molar-refractivity contribution in [2.45, 2.75) is 69.6 Å². The van der Waals surface area contributed by atoms with Crippen LogP contribution in [0.2, 0.25) is 25.7 Å². The number of alkyl halides is 2. The molecule has 0 radical (unpaired) electrons. The average molecular weight is 614 g/mol. The molecule has 11 heteroatoms. The van der Waals surface area contributed by atoms with Crippen molar-refractivity contribution in [3.63, 3.8) is 0 Å². The third kappa shape index (κ3) is 10.8. The SMILES string of the molecule is C[Si](C)(C)CCO[C@@H]1O[C@H](COC(=O)CCl)[C@@H](OC(=O)CCl)[C@H](OCc2ccccc2)[C@H]1OCc1ccccc1. The normalized spacial score (nSPS) is 23.0. The molecule has 0 spiro atoms. The number of ether oxygens (including phenoxy) is 6. The molecule has 1 saturated heterocycles. The van der Waals surface area contributed by atoms with E-state index in [4.69, 9.17) is 51.6 Å². The van der Waals surface area contributed by atoms with Crippen molar-refractivity contribution < 1.29 is 38.0 Å². The van der Waals surface area contributed by atoms with Crippen molar-refractivity contribution in [3.05, 3.63) is 71.8 Å². The number of carbonyl (C=O) groups excluding carboxylic acids is 2. The topological polar surface area (TPSA) is 89.5 Å². The van der Waals surface area contributed by atoms with Gasteiger partial charge in [-0.15, -0.1) is 23.2 Å². The maximum Gasteiger partial charge on any atom is 0.321 e. The first kappa shape index (κ1) is 32.5. The fourth-order valence-electron chi connectivity index (χ4n) is 4.07. The summed E-state index contributed by atoms with van der Waals surface area (Å²) in [5.74, 6) is -2.00. The fraction of sp³-hybridized carbons (Fsp3) is 0.517. The summed E-state index contributed by atoms with van der Waals surface area (Å²) in [5, 5.41) is 0. The Morgan fingerprint density at radius 2 is 1.32 bits per heavy atom. The highest BCUT2D eigenvalue weighted by Gasteiger charge is 2.50. The van der Waals surface area contributed by atoms with Crippen molar-refractivity contribution in [2.24, 2.45) is 0 Å². The quantitative estimate of drug-likeness (QED) is 0.155. The van der Waals surface area contributed by atoms with Crippen LogP contribution in [0.5, 0.6) is 0 Å². The number of carbonyl (C=O) groups is 2. The summed E-state index contributed by atoms with van der Waals surface area (Å²) < 4.78 is 36.4. The molecule has 8 nitrogen and oxygen atoms in total. The molecule has 1 heterocycles. The molecule has 3 rings (SSSR count). The van der Waals surface area contributed by atoms with Gasteiger partial charge >= 0.3 is 11.9 Å². The average Bonchev–Trinajstić information content (AvgIpc) is 2.95. The predicted molar refractivity (Wildman–Crippen MR) is 155 cm³/mol. The maximum absolute atomic E-state index is 12.4. The molecule has 40 heavy (non-hydrogen) atoms. The van der Waals surface area contributed by atoms with Crippen LogP contribution in [-0.4, -0.2) is 75.7 Å². The number of benzene rings is 2. The van der Waals surface area contributed by atoms with Crippen molar-refractivity contribution in [1.29, 1.82) is 0 Å². The Bertz CT molecular complexity index is 1040. The van der Waals surface area contributed by atoms with Gasteiger partial charge in [0.1, 0.15) is 36.7 Å². The van der Waals surface area contributed by atoms with Gasteiger partial charge in [0.2, 0.25) is 0 Å². The lowest BCUT2D eigenvalue weighted by molar-refractivity contribution is -0.320. The van der Waals surface area contributed by atoms with E-state index in [0.29, 0.717) is 6.61 Å². The molecular weight excluding hydrogens is 575 g/mol. The van der Waals surface area contributed by atoms with Gasteiger partial charge in [-0.25, -0.2) is 0 Å². The predicted octanol–water partition coefficient (Wildman–Crippen LogP) is 5.17. The minimum absolute atomic E-state index is 0.210. The lowest BCUT2D eigenvalue weighted by Gasteiger charge is -2.45. The summed E-state index contributed by atoms with van der Waals surface area (Å²) in [6, 6.07) is 20.2. The molecule has 1 aliphatic rings. The molecule has 220 valence electrons. The molecule has 1 fully saturated rings. The Kier molecular flexibility index (Phi) is 13.4. The molecule has 1 aliphatic heterocycles. The highest BCUT2D eigenvalue weighted by Crippen LogP contribution is 2.31. The molecule has 0 amide bonds. The van der Waals surface area contributed by atoms with Gasteiger partial charge in [-0.05, 0) is 17.2 Å². The molecule has 0 unspecified atom stereocenters. The number of hydrogen-bond donors (Lipinski definition) is 0. The summed E-state index contributed by atoms with van der Waals surface area (Å²) in [5.41, 5.74) is 1.86. The molecular formula is C29H38Cl2O8Si. The zero-order valence-electron chi connectivity index (χ0n) is 23.1. The van der Waals surface area contributed by atoms with Gasteiger partial charge in [0, 0.05) is 14.7 Å². The molecule has 0 N–H and O–H groups in total. The van der Waals surface area contributed by atoms with E-state index in [1.54, 1.807) is 0 Å².